The molecule has 2 N–H and O–H groups in total. The van der Waals surface area contributed by atoms with Crippen molar-refractivity contribution >= 4 is 29.3 Å². The highest BCUT2D eigenvalue weighted by molar-refractivity contribution is 7.98. The van der Waals surface area contributed by atoms with Gasteiger partial charge in [-0.1, -0.05) is 18.2 Å². The first-order valence-corrected chi connectivity index (χ1v) is 8.13. The van der Waals surface area contributed by atoms with Crippen molar-refractivity contribution in [3.63, 3.8) is 0 Å². The van der Waals surface area contributed by atoms with E-state index in [-0.39, 0.29) is 11.3 Å². The van der Waals surface area contributed by atoms with Crippen LogP contribution in [0.25, 0.3) is 0 Å². The molecule has 2 aromatic rings. The van der Waals surface area contributed by atoms with Crippen molar-refractivity contribution in [2.45, 2.75) is 11.8 Å². The minimum atomic E-state index is -0.737. The molecule has 0 bridgehead atoms. The number of carbonyl (C=O) groups is 2. The van der Waals surface area contributed by atoms with E-state index < -0.39 is 18.5 Å². The fraction of sp³-hybridized carbons (Fsp3) is 0.176. The van der Waals surface area contributed by atoms with Gasteiger partial charge < -0.3 is 15.2 Å². The topological polar surface area (TPSA) is 75.6 Å². The number of benzene rings is 2. The molecule has 5 nitrogen and oxygen atoms in total. The molecule has 0 aliphatic heterocycles. The highest BCUT2D eigenvalue weighted by Gasteiger charge is 2.15. The second-order valence-corrected chi connectivity index (χ2v) is 5.71. The summed E-state index contributed by atoms with van der Waals surface area (Å²) >= 11 is 1.56. The number of aromatic hydroxyl groups is 1. The van der Waals surface area contributed by atoms with Crippen molar-refractivity contribution in [1.29, 1.82) is 0 Å². The van der Waals surface area contributed by atoms with Gasteiger partial charge in [-0.2, -0.15) is 0 Å². The number of ether oxygens (including phenoxy) is 1. The van der Waals surface area contributed by atoms with Crippen LogP contribution in [0.15, 0.2) is 47.4 Å². The smallest absolute Gasteiger partial charge is 0.342 e. The van der Waals surface area contributed by atoms with E-state index in [1.54, 1.807) is 36.9 Å². The molecule has 0 saturated heterocycles. The molecule has 0 saturated carbocycles. The third-order valence-electron chi connectivity index (χ3n) is 3.15. The van der Waals surface area contributed by atoms with Crippen LogP contribution in [-0.4, -0.2) is 29.8 Å². The number of nitrogens with one attached hydrogen (secondary N) is 1. The Morgan fingerprint density at radius 2 is 1.96 bits per heavy atom. The average Bonchev–Trinajstić information content (AvgIpc) is 2.55. The Morgan fingerprint density at radius 3 is 2.70 bits per heavy atom. The minimum Gasteiger partial charge on any atom is -0.507 e. The first kappa shape index (κ1) is 16.9. The number of aryl methyl sites for hydroxylation is 1. The number of anilines is 1. The average molecular weight is 331 g/mol. The molecule has 120 valence electrons. The highest BCUT2D eigenvalue weighted by Crippen LogP contribution is 2.22. The molecular formula is C17H17NO4S. The number of hydrogen-bond donors (Lipinski definition) is 2. The van der Waals surface area contributed by atoms with Crippen LogP contribution >= 0.6 is 11.8 Å². The fourth-order valence-corrected chi connectivity index (χ4v) is 2.39. The van der Waals surface area contributed by atoms with Gasteiger partial charge in [-0.3, -0.25) is 4.79 Å². The highest BCUT2D eigenvalue weighted by atomic mass is 32.2. The summed E-state index contributed by atoms with van der Waals surface area (Å²) in [6, 6.07) is 12.1. The van der Waals surface area contributed by atoms with Gasteiger partial charge in [0.15, 0.2) is 6.61 Å². The van der Waals surface area contributed by atoms with Gasteiger partial charge >= 0.3 is 5.97 Å². The van der Waals surface area contributed by atoms with E-state index in [2.05, 4.69) is 5.32 Å². The summed E-state index contributed by atoms with van der Waals surface area (Å²) < 4.78 is 4.94. The molecule has 0 atom stereocenters. The summed E-state index contributed by atoms with van der Waals surface area (Å²) in [5, 5.41) is 12.5. The lowest BCUT2D eigenvalue weighted by Crippen LogP contribution is -2.21. The zero-order chi connectivity index (χ0) is 16.8. The summed E-state index contributed by atoms with van der Waals surface area (Å²) in [7, 11) is 0. The molecule has 0 aliphatic rings. The van der Waals surface area contributed by atoms with Crippen LogP contribution in [0.5, 0.6) is 5.75 Å². The zero-order valence-corrected chi connectivity index (χ0v) is 13.6. The van der Waals surface area contributed by atoms with E-state index in [0.717, 1.165) is 4.90 Å². The molecule has 1 amide bonds. The number of carbonyl (C=O) groups excluding carboxylic acids is 2. The van der Waals surface area contributed by atoms with E-state index in [4.69, 9.17) is 4.74 Å². The standard InChI is InChI=1S/C17H17NO4S/c1-11-5-3-8-14(16(11)20)17(21)22-10-15(19)18-12-6-4-7-13(9-12)23-2/h3-9,20H,10H2,1-2H3,(H,18,19). The minimum absolute atomic E-state index is 0.0437. The lowest BCUT2D eigenvalue weighted by atomic mass is 10.1. The van der Waals surface area contributed by atoms with Gasteiger partial charge in [-0.05, 0) is 43.0 Å². The van der Waals surface area contributed by atoms with Crippen molar-refractivity contribution in [3.8, 4) is 5.75 Å². The van der Waals surface area contributed by atoms with E-state index >= 15 is 0 Å². The largest absolute Gasteiger partial charge is 0.507 e. The molecule has 6 heteroatoms. The number of phenolic OH excluding ortho intramolecular Hbond substituents is 1. The molecule has 0 aromatic heterocycles. The number of esters is 1. The Kier molecular flexibility index (Phi) is 5.65. The second kappa shape index (κ2) is 7.69. The number of para-hydroxylation sites is 1. The Hall–Kier alpha value is -2.47. The van der Waals surface area contributed by atoms with Gasteiger partial charge in [0.25, 0.3) is 5.91 Å². The first-order valence-electron chi connectivity index (χ1n) is 6.91. The molecule has 0 aliphatic carbocycles. The Labute approximate surface area is 138 Å². The molecule has 0 radical (unpaired) electrons. The summed E-state index contributed by atoms with van der Waals surface area (Å²) in [5.74, 6) is -1.31. The number of hydrogen-bond acceptors (Lipinski definition) is 5. The van der Waals surface area contributed by atoms with E-state index in [9.17, 15) is 14.7 Å². The molecule has 2 aromatic carbocycles. The Bertz CT molecular complexity index is 730. The normalized spacial score (nSPS) is 10.2. The maximum absolute atomic E-state index is 11.9. The summed E-state index contributed by atoms with van der Waals surface area (Å²) in [4.78, 5) is 24.8. The van der Waals surface area contributed by atoms with Crippen LogP contribution in [-0.2, 0) is 9.53 Å². The lowest BCUT2D eigenvalue weighted by molar-refractivity contribution is -0.119. The summed E-state index contributed by atoms with van der Waals surface area (Å²) in [6.45, 7) is 1.26. The number of phenols is 1. The second-order valence-electron chi connectivity index (χ2n) is 4.83. The third-order valence-corrected chi connectivity index (χ3v) is 3.87. The molecular weight excluding hydrogens is 314 g/mol. The quantitative estimate of drug-likeness (QED) is 0.650. The van der Waals surface area contributed by atoms with E-state index in [1.807, 2.05) is 24.5 Å². The van der Waals surface area contributed by atoms with Crippen molar-refractivity contribution in [2.24, 2.45) is 0 Å². The number of amides is 1. The van der Waals surface area contributed by atoms with Crippen LogP contribution < -0.4 is 5.32 Å². The van der Waals surface area contributed by atoms with E-state index in [0.29, 0.717) is 11.3 Å². The van der Waals surface area contributed by atoms with Gasteiger partial charge in [0.2, 0.25) is 0 Å². The van der Waals surface area contributed by atoms with Gasteiger partial charge in [0, 0.05) is 10.6 Å². The molecule has 0 unspecified atom stereocenters. The molecule has 0 fully saturated rings. The lowest BCUT2D eigenvalue weighted by Gasteiger charge is -2.09. The van der Waals surface area contributed by atoms with Crippen molar-refractivity contribution in [1.82, 2.24) is 0 Å². The van der Waals surface area contributed by atoms with Crippen molar-refractivity contribution in [3.05, 3.63) is 53.6 Å². The van der Waals surface area contributed by atoms with Crippen molar-refractivity contribution < 1.29 is 19.4 Å². The maximum atomic E-state index is 11.9. The zero-order valence-electron chi connectivity index (χ0n) is 12.8. The van der Waals surface area contributed by atoms with Gasteiger partial charge in [0.1, 0.15) is 11.3 Å². The van der Waals surface area contributed by atoms with E-state index in [1.165, 1.54) is 6.07 Å². The molecule has 2 rings (SSSR count). The molecule has 0 spiro atoms. The van der Waals surface area contributed by atoms with Crippen LogP contribution in [0.4, 0.5) is 5.69 Å². The monoisotopic (exact) mass is 331 g/mol. The van der Waals surface area contributed by atoms with Crippen LogP contribution in [0, 0.1) is 6.92 Å². The van der Waals surface area contributed by atoms with Crippen molar-refractivity contribution in [2.75, 3.05) is 18.2 Å². The molecule has 0 heterocycles. The Balaban J connectivity index is 1.93. The van der Waals surface area contributed by atoms with Gasteiger partial charge in [-0.25, -0.2) is 4.79 Å². The summed E-state index contributed by atoms with van der Waals surface area (Å²) in [5.41, 5.74) is 1.25. The summed E-state index contributed by atoms with van der Waals surface area (Å²) in [6.07, 6.45) is 1.94. The molecule has 23 heavy (non-hydrogen) atoms. The van der Waals surface area contributed by atoms with Gasteiger partial charge in [-0.15, -0.1) is 11.8 Å². The first-order chi connectivity index (χ1) is 11.0. The van der Waals surface area contributed by atoms with Crippen LogP contribution in [0.3, 0.4) is 0 Å². The van der Waals surface area contributed by atoms with Crippen LogP contribution in [0.1, 0.15) is 15.9 Å². The maximum Gasteiger partial charge on any atom is 0.342 e. The van der Waals surface area contributed by atoms with Crippen LogP contribution in [0.2, 0.25) is 0 Å². The number of thioether (sulfide) groups is 1. The predicted octanol–water partition coefficient (Wildman–Crippen LogP) is 3.22. The fourth-order valence-electron chi connectivity index (χ4n) is 1.93. The van der Waals surface area contributed by atoms with Gasteiger partial charge in [0.05, 0.1) is 0 Å². The number of rotatable bonds is 5. The Morgan fingerprint density at radius 1 is 1.22 bits per heavy atom. The predicted molar refractivity (Wildman–Crippen MR) is 90.0 cm³/mol. The SMILES string of the molecule is CSc1cccc(NC(=O)COC(=O)c2cccc(C)c2O)c1. The third kappa shape index (κ3) is 4.50.